The van der Waals surface area contributed by atoms with Gasteiger partial charge in [0.2, 0.25) is 0 Å². The standard InChI is InChI=1S/C13H19N3O5/c1-13(2,3)21-12(19)16-4-5-20-9(7-16)10-8(11(17)18)6-14-15-10/h6,9H,4-5,7H2,1-3H3,(H,14,15)(H,17,18). The van der Waals surface area contributed by atoms with Crippen LogP contribution in [0.5, 0.6) is 0 Å². The number of amides is 1. The van der Waals surface area contributed by atoms with Crippen molar-refractivity contribution in [3.63, 3.8) is 0 Å². The predicted molar refractivity (Wildman–Crippen MR) is 72.0 cm³/mol. The Morgan fingerprint density at radius 3 is 2.86 bits per heavy atom. The summed E-state index contributed by atoms with van der Waals surface area (Å²) < 4.78 is 10.8. The molecule has 0 saturated carbocycles. The fraction of sp³-hybridized carbons (Fsp3) is 0.615. The molecule has 0 spiro atoms. The summed E-state index contributed by atoms with van der Waals surface area (Å²) in [5.41, 5.74) is -0.174. The Balaban J connectivity index is 2.09. The van der Waals surface area contributed by atoms with E-state index in [0.717, 1.165) is 0 Å². The minimum absolute atomic E-state index is 0.0473. The quantitative estimate of drug-likeness (QED) is 0.855. The van der Waals surface area contributed by atoms with Crippen LogP contribution in [0.15, 0.2) is 6.20 Å². The van der Waals surface area contributed by atoms with Gasteiger partial charge in [0.15, 0.2) is 0 Å². The van der Waals surface area contributed by atoms with Crippen LogP contribution < -0.4 is 0 Å². The van der Waals surface area contributed by atoms with Crippen LogP contribution in [0.3, 0.4) is 0 Å². The SMILES string of the molecule is CC(C)(C)OC(=O)N1CCOC(c2[nH]ncc2C(=O)O)C1. The van der Waals surface area contributed by atoms with Crippen LogP contribution in [0.2, 0.25) is 0 Å². The fourth-order valence-electron chi connectivity index (χ4n) is 2.03. The third-order valence-corrected chi connectivity index (χ3v) is 2.94. The molecule has 8 heteroatoms. The molecule has 0 bridgehead atoms. The maximum absolute atomic E-state index is 12.1. The first-order valence-corrected chi connectivity index (χ1v) is 6.64. The zero-order valence-electron chi connectivity index (χ0n) is 12.3. The molecule has 1 amide bonds. The van der Waals surface area contributed by atoms with E-state index in [1.165, 1.54) is 11.1 Å². The number of carbonyl (C=O) groups excluding carboxylic acids is 1. The number of H-pyrrole nitrogens is 1. The Hall–Kier alpha value is -2.09. The zero-order chi connectivity index (χ0) is 15.6. The van der Waals surface area contributed by atoms with Crippen LogP contribution in [0, 0.1) is 0 Å². The summed E-state index contributed by atoms with van der Waals surface area (Å²) in [6.45, 7) is 6.31. The molecule has 0 radical (unpaired) electrons. The molecule has 1 unspecified atom stereocenters. The number of morpholine rings is 1. The molecule has 21 heavy (non-hydrogen) atoms. The van der Waals surface area contributed by atoms with Crippen LogP contribution >= 0.6 is 0 Å². The van der Waals surface area contributed by atoms with E-state index in [0.29, 0.717) is 18.8 Å². The molecule has 2 rings (SSSR count). The van der Waals surface area contributed by atoms with Gasteiger partial charge < -0.3 is 19.5 Å². The van der Waals surface area contributed by atoms with Crippen molar-refractivity contribution in [3.05, 3.63) is 17.5 Å². The average molecular weight is 297 g/mol. The van der Waals surface area contributed by atoms with Gasteiger partial charge in [0.05, 0.1) is 25.0 Å². The number of hydrogen-bond donors (Lipinski definition) is 2. The molecule has 116 valence electrons. The molecule has 8 nitrogen and oxygen atoms in total. The number of carboxylic acid groups (broad SMARTS) is 1. The number of nitrogens with zero attached hydrogens (tertiary/aromatic N) is 2. The number of aromatic carboxylic acids is 1. The number of rotatable bonds is 2. The van der Waals surface area contributed by atoms with E-state index in [-0.39, 0.29) is 12.1 Å². The summed E-state index contributed by atoms with van der Waals surface area (Å²) in [5, 5.41) is 15.4. The molecule has 1 aliphatic rings. The van der Waals surface area contributed by atoms with Crippen molar-refractivity contribution in [2.24, 2.45) is 0 Å². The molecule has 1 atom stereocenters. The van der Waals surface area contributed by atoms with Gasteiger partial charge >= 0.3 is 12.1 Å². The monoisotopic (exact) mass is 297 g/mol. The first-order valence-electron chi connectivity index (χ1n) is 6.64. The highest BCUT2D eigenvalue weighted by molar-refractivity contribution is 5.88. The van der Waals surface area contributed by atoms with Crippen molar-refractivity contribution in [3.8, 4) is 0 Å². The first-order chi connectivity index (χ1) is 9.78. The lowest BCUT2D eigenvalue weighted by Gasteiger charge is -2.33. The lowest BCUT2D eigenvalue weighted by Crippen LogP contribution is -2.45. The van der Waals surface area contributed by atoms with E-state index in [2.05, 4.69) is 10.2 Å². The van der Waals surface area contributed by atoms with Crippen molar-refractivity contribution in [2.75, 3.05) is 19.7 Å². The van der Waals surface area contributed by atoms with Crippen LogP contribution in [0.4, 0.5) is 4.79 Å². The van der Waals surface area contributed by atoms with Gasteiger partial charge in [0.25, 0.3) is 0 Å². The summed E-state index contributed by atoms with van der Waals surface area (Å²) in [5.74, 6) is -1.09. The van der Waals surface area contributed by atoms with Crippen LogP contribution in [-0.4, -0.2) is 57.6 Å². The second-order valence-electron chi connectivity index (χ2n) is 5.79. The third kappa shape index (κ3) is 3.72. The molecule has 0 aliphatic carbocycles. The highest BCUT2D eigenvalue weighted by atomic mass is 16.6. The lowest BCUT2D eigenvalue weighted by atomic mass is 10.1. The van der Waals surface area contributed by atoms with Crippen molar-refractivity contribution in [2.45, 2.75) is 32.5 Å². The Morgan fingerprint density at radius 1 is 1.52 bits per heavy atom. The Morgan fingerprint density at radius 2 is 2.24 bits per heavy atom. The highest BCUT2D eigenvalue weighted by Gasteiger charge is 2.31. The van der Waals surface area contributed by atoms with E-state index in [4.69, 9.17) is 14.6 Å². The maximum atomic E-state index is 12.1. The van der Waals surface area contributed by atoms with Crippen molar-refractivity contribution in [1.82, 2.24) is 15.1 Å². The number of hydrogen-bond acceptors (Lipinski definition) is 5. The first kappa shape index (κ1) is 15.3. The van der Waals surface area contributed by atoms with Gasteiger partial charge in [0.1, 0.15) is 17.3 Å². The number of carbonyl (C=O) groups is 2. The molecule has 1 fully saturated rings. The summed E-state index contributed by atoms with van der Waals surface area (Å²) in [6, 6.07) is 0. The molecule has 1 aliphatic heterocycles. The summed E-state index contributed by atoms with van der Waals surface area (Å²) in [4.78, 5) is 24.7. The van der Waals surface area contributed by atoms with Gasteiger partial charge in [-0.05, 0) is 20.8 Å². The summed E-state index contributed by atoms with van der Waals surface area (Å²) in [7, 11) is 0. The van der Waals surface area contributed by atoms with Gasteiger partial charge in [-0.25, -0.2) is 9.59 Å². The fourth-order valence-corrected chi connectivity index (χ4v) is 2.03. The van der Waals surface area contributed by atoms with E-state index in [9.17, 15) is 9.59 Å². The zero-order valence-corrected chi connectivity index (χ0v) is 12.3. The van der Waals surface area contributed by atoms with Crippen LogP contribution in [-0.2, 0) is 9.47 Å². The molecule has 1 aromatic heterocycles. The lowest BCUT2D eigenvalue weighted by molar-refractivity contribution is -0.0449. The maximum Gasteiger partial charge on any atom is 0.410 e. The average Bonchev–Trinajstić information content (AvgIpc) is 2.86. The second-order valence-corrected chi connectivity index (χ2v) is 5.79. The molecule has 1 saturated heterocycles. The van der Waals surface area contributed by atoms with E-state index in [1.54, 1.807) is 20.8 Å². The molecule has 0 aromatic carbocycles. The minimum Gasteiger partial charge on any atom is -0.478 e. The van der Waals surface area contributed by atoms with Crippen molar-refractivity contribution in [1.29, 1.82) is 0 Å². The number of carboxylic acids is 1. The van der Waals surface area contributed by atoms with Gasteiger partial charge in [0, 0.05) is 6.54 Å². The summed E-state index contributed by atoms with van der Waals surface area (Å²) >= 11 is 0. The van der Waals surface area contributed by atoms with E-state index >= 15 is 0 Å². The highest BCUT2D eigenvalue weighted by Crippen LogP contribution is 2.24. The van der Waals surface area contributed by atoms with Crippen LogP contribution in [0.1, 0.15) is 42.9 Å². The molecule has 1 aromatic rings. The smallest absolute Gasteiger partial charge is 0.410 e. The second kappa shape index (κ2) is 5.72. The number of aromatic nitrogens is 2. The van der Waals surface area contributed by atoms with Gasteiger partial charge in [-0.1, -0.05) is 0 Å². The molecule has 2 heterocycles. The number of ether oxygens (including phenoxy) is 2. The number of nitrogens with one attached hydrogen (secondary N) is 1. The minimum atomic E-state index is -1.09. The molecular formula is C13H19N3O5. The van der Waals surface area contributed by atoms with Crippen molar-refractivity contribution < 1.29 is 24.2 Å². The summed E-state index contributed by atoms with van der Waals surface area (Å²) in [6.07, 6.45) is 0.236. The predicted octanol–water partition coefficient (Wildman–Crippen LogP) is 1.42. The van der Waals surface area contributed by atoms with E-state index < -0.39 is 23.8 Å². The normalized spacial score (nSPS) is 19.4. The van der Waals surface area contributed by atoms with Gasteiger partial charge in [-0.15, -0.1) is 0 Å². The van der Waals surface area contributed by atoms with Gasteiger partial charge in [-0.2, -0.15) is 5.10 Å². The topological polar surface area (TPSA) is 105 Å². The molecule has 2 N–H and O–H groups in total. The largest absolute Gasteiger partial charge is 0.478 e. The van der Waals surface area contributed by atoms with Crippen molar-refractivity contribution >= 4 is 12.1 Å². The third-order valence-electron chi connectivity index (χ3n) is 2.94. The Labute approximate surface area is 122 Å². The van der Waals surface area contributed by atoms with E-state index in [1.807, 2.05) is 0 Å². The van der Waals surface area contributed by atoms with Gasteiger partial charge in [-0.3, -0.25) is 5.10 Å². The Bertz CT molecular complexity index is 534. The van der Waals surface area contributed by atoms with Crippen LogP contribution in [0.25, 0.3) is 0 Å². The number of aromatic amines is 1. The molecular weight excluding hydrogens is 278 g/mol. The Kier molecular flexibility index (Phi) is 4.17.